The Morgan fingerprint density at radius 1 is 1.30 bits per heavy atom. The maximum absolute atomic E-state index is 11.7. The van der Waals surface area contributed by atoms with Crippen LogP contribution < -0.4 is 16.4 Å². The SMILES string of the molecule is Nc1ccc(NC(=O)C(=O)NCCN2C(=O)CSC2=O)c(Cl)c1. The molecule has 0 saturated carbocycles. The Morgan fingerprint density at radius 2 is 2.04 bits per heavy atom. The second kappa shape index (κ2) is 7.34. The van der Waals surface area contributed by atoms with E-state index in [9.17, 15) is 19.2 Å². The molecule has 0 atom stereocenters. The number of carbonyl (C=O) groups is 4. The predicted molar refractivity (Wildman–Crippen MR) is 87.1 cm³/mol. The molecule has 1 aliphatic rings. The molecule has 0 spiro atoms. The highest BCUT2D eigenvalue weighted by molar-refractivity contribution is 8.14. The Kier molecular flexibility index (Phi) is 5.45. The minimum absolute atomic E-state index is 0.0141. The Hall–Kier alpha value is -2.26. The summed E-state index contributed by atoms with van der Waals surface area (Å²) in [7, 11) is 0. The lowest BCUT2D eigenvalue weighted by Crippen LogP contribution is -2.41. The van der Waals surface area contributed by atoms with Crippen LogP contribution in [0.1, 0.15) is 0 Å². The lowest BCUT2D eigenvalue weighted by Gasteiger charge is -2.13. The van der Waals surface area contributed by atoms with Gasteiger partial charge in [-0.15, -0.1) is 0 Å². The van der Waals surface area contributed by atoms with E-state index >= 15 is 0 Å². The molecule has 0 radical (unpaired) electrons. The normalized spacial score (nSPS) is 14.0. The lowest BCUT2D eigenvalue weighted by molar-refractivity contribution is -0.136. The number of hydrogen-bond acceptors (Lipinski definition) is 6. The van der Waals surface area contributed by atoms with Crippen molar-refractivity contribution in [2.75, 3.05) is 29.9 Å². The Labute approximate surface area is 140 Å². The summed E-state index contributed by atoms with van der Waals surface area (Å²) < 4.78 is 0. The summed E-state index contributed by atoms with van der Waals surface area (Å²) in [6, 6.07) is 4.45. The molecular formula is C13H13ClN4O4S. The summed E-state index contributed by atoms with van der Waals surface area (Å²) in [4.78, 5) is 47.2. The number of nitrogens with zero attached hydrogens (tertiary/aromatic N) is 1. The second-order valence-electron chi connectivity index (χ2n) is 4.55. The van der Waals surface area contributed by atoms with Crippen LogP contribution in [0.3, 0.4) is 0 Å². The summed E-state index contributed by atoms with van der Waals surface area (Å²) >= 11 is 6.79. The first-order valence-electron chi connectivity index (χ1n) is 6.50. The molecule has 122 valence electrons. The van der Waals surface area contributed by atoms with Gasteiger partial charge in [-0.05, 0) is 18.2 Å². The largest absolute Gasteiger partial charge is 0.399 e. The van der Waals surface area contributed by atoms with Crippen molar-refractivity contribution < 1.29 is 19.2 Å². The quantitative estimate of drug-likeness (QED) is 0.538. The van der Waals surface area contributed by atoms with Crippen molar-refractivity contribution in [3.8, 4) is 0 Å². The highest BCUT2D eigenvalue weighted by Gasteiger charge is 2.29. The molecule has 0 bridgehead atoms. The molecule has 0 unspecified atom stereocenters. The van der Waals surface area contributed by atoms with Gasteiger partial charge in [0.05, 0.1) is 16.5 Å². The molecule has 0 aromatic heterocycles. The number of amides is 4. The first-order chi connectivity index (χ1) is 10.9. The van der Waals surface area contributed by atoms with Crippen LogP contribution in [-0.4, -0.2) is 46.7 Å². The Balaban J connectivity index is 1.82. The monoisotopic (exact) mass is 356 g/mol. The van der Waals surface area contributed by atoms with E-state index in [1.165, 1.54) is 18.2 Å². The number of nitrogens with one attached hydrogen (secondary N) is 2. The van der Waals surface area contributed by atoms with E-state index in [1.807, 2.05) is 0 Å². The molecule has 4 N–H and O–H groups in total. The molecule has 0 aliphatic carbocycles. The number of imide groups is 1. The number of nitrogens with two attached hydrogens (primary N) is 1. The molecule has 1 heterocycles. The number of thioether (sulfide) groups is 1. The number of anilines is 2. The van der Waals surface area contributed by atoms with E-state index in [2.05, 4.69) is 10.6 Å². The number of nitrogen functional groups attached to an aromatic ring is 1. The van der Waals surface area contributed by atoms with Crippen molar-refractivity contribution >= 4 is 57.7 Å². The van der Waals surface area contributed by atoms with Crippen molar-refractivity contribution in [3.05, 3.63) is 23.2 Å². The van der Waals surface area contributed by atoms with Gasteiger partial charge in [-0.25, -0.2) is 0 Å². The molecule has 8 nitrogen and oxygen atoms in total. The Bertz CT molecular complexity index is 666. The van der Waals surface area contributed by atoms with E-state index in [-0.39, 0.29) is 40.7 Å². The van der Waals surface area contributed by atoms with Crippen LogP contribution in [-0.2, 0) is 14.4 Å². The van der Waals surface area contributed by atoms with Gasteiger partial charge in [0.1, 0.15) is 0 Å². The fourth-order valence-corrected chi connectivity index (χ4v) is 2.76. The van der Waals surface area contributed by atoms with Gasteiger partial charge in [0.15, 0.2) is 0 Å². The highest BCUT2D eigenvalue weighted by Crippen LogP contribution is 2.23. The van der Waals surface area contributed by atoms with E-state index in [1.54, 1.807) is 0 Å². The Morgan fingerprint density at radius 3 is 2.65 bits per heavy atom. The number of benzene rings is 1. The first kappa shape index (κ1) is 17.1. The topological polar surface area (TPSA) is 122 Å². The summed E-state index contributed by atoms with van der Waals surface area (Å²) in [6.07, 6.45) is 0. The van der Waals surface area contributed by atoms with Crippen LogP contribution in [0.5, 0.6) is 0 Å². The molecule has 1 aliphatic heterocycles. The van der Waals surface area contributed by atoms with Gasteiger partial charge in [0.25, 0.3) is 5.24 Å². The summed E-state index contributed by atoms with van der Waals surface area (Å²) in [5, 5.41) is 4.52. The smallest absolute Gasteiger partial charge is 0.313 e. The molecule has 2 rings (SSSR count). The molecule has 4 amide bonds. The zero-order valence-electron chi connectivity index (χ0n) is 11.8. The van der Waals surface area contributed by atoms with Crippen LogP contribution in [0, 0.1) is 0 Å². The molecule has 1 aromatic rings. The first-order valence-corrected chi connectivity index (χ1v) is 7.86. The fourth-order valence-electron chi connectivity index (χ4n) is 1.77. The van der Waals surface area contributed by atoms with E-state index < -0.39 is 11.8 Å². The maximum atomic E-state index is 11.7. The van der Waals surface area contributed by atoms with Crippen molar-refractivity contribution in [3.63, 3.8) is 0 Å². The molecule has 1 aromatic carbocycles. The van der Waals surface area contributed by atoms with Gasteiger partial charge in [-0.3, -0.25) is 24.1 Å². The van der Waals surface area contributed by atoms with E-state index in [0.717, 1.165) is 16.7 Å². The zero-order chi connectivity index (χ0) is 17.0. The summed E-state index contributed by atoms with van der Waals surface area (Å²) in [5.41, 5.74) is 6.21. The van der Waals surface area contributed by atoms with Gasteiger partial charge < -0.3 is 16.4 Å². The fraction of sp³-hybridized carbons (Fsp3) is 0.231. The van der Waals surface area contributed by atoms with E-state index in [0.29, 0.717) is 5.69 Å². The van der Waals surface area contributed by atoms with Crippen LogP contribution in [0.4, 0.5) is 16.2 Å². The van der Waals surface area contributed by atoms with Gasteiger partial charge >= 0.3 is 11.8 Å². The average molecular weight is 357 g/mol. The van der Waals surface area contributed by atoms with Crippen LogP contribution in [0.15, 0.2) is 18.2 Å². The molecule has 23 heavy (non-hydrogen) atoms. The molecule has 1 saturated heterocycles. The van der Waals surface area contributed by atoms with Crippen molar-refractivity contribution in [1.82, 2.24) is 10.2 Å². The number of hydrogen-bond donors (Lipinski definition) is 3. The zero-order valence-corrected chi connectivity index (χ0v) is 13.4. The van der Waals surface area contributed by atoms with Crippen LogP contribution >= 0.6 is 23.4 Å². The minimum atomic E-state index is -0.912. The van der Waals surface area contributed by atoms with Gasteiger partial charge in [0, 0.05) is 18.8 Å². The molecule has 1 fully saturated rings. The third-order valence-electron chi connectivity index (χ3n) is 2.91. The van der Waals surface area contributed by atoms with Crippen LogP contribution in [0.2, 0.25) is 5.02 Å². The third-order valence-corrected chi connectivity index (χ3v) is 4.08. The van der Waals surface area contributed by atoms with Crippen molar-refractivity contribution in [2.45, 2.75) is 0 Å². The van der Waals surface area contributed by atoms with Gasteiger partial charge in [0.2, 0.25) is 5.91 Å². The lowest BCUT2D eigenvalue weighted by atomic mass is 10.3. The molecular weight excluding hydrogens is 344 g/mol. The second-order valence-corrected chi connectivity index (χ2v) is 5.88. The maximum Gasteiger partial charge on any atom is 0.313 e. The molecule has 10 heteroatoms. The summed E-state index contributed by atoms with van der Waals surface area (Å²) in [5.74, 6) is -2.02. The van der Waals surface area contributed by atoms with Gasteiger partial charge in [-0.1, -0.05) is 23.4 Å². The standard InChI is InChI=1S/C13H13ClN4O4S/c14-8-5-7(15)1-2-9(8)17-12(21)11(20)16-3-4-18-10(19)6-23-13(18)22/h1-2,5H,3-4,6,15H2,(H,16,20)(H,17,21). The minimum Gasteiger partial charge on any atom is -0.399 e. The van der Waals surface area contributed by atoms with Crippen molar-refractivity contribution in [2.24, 2.45) is 0 Å². The summed E-state index contributed by atoms with van der Waals surface area (Å²) in [6.45, 7) is 0.00603. The van der Waals surface area contributed by atoms with Crippen molar-refractivity contribution in [1.29, 1.82) is 0 Å². The number of halogens is 1. The number of rotatable bonds is 4. The predicted octanol–water partition coefficient (Wildman–Crippen LogP) is 0.672. The highest BCUT2D eigenvalue weighted by atomic mass is 35.5. The van der Waals surface area contributed by atoms with E-state index in [4.69, 9.17) is 17.3 Å². The van der Waals surface area contributed by atoms with Gasteiger partial charge in [-0.2, -0.15) is 0 Å². The average Bonchev–Trinajstić information content (AvgIpc) is 2.81. The third kappa shape index (κ3) is 4.36. The number of carbonyl (C=O) groups excluding carboxylic acids is 4. The van der Waals surface area contributed by atoms with Crippen LogP contribution in [0.25, 0.3) is 0 Å².